The van der Waals surface area contributed by atoms with E-state index in [1.807, 2.05) is 24.3 Å². The van der Waals surface area contributed by atoms with Gasteiger partial charge >= 0.3 is 0 Å². The predicted octanol–water partition coefficient (Wildman–Crippen LogP) is 1.48. The van der Waals surface area contributed by atoms with Crippen molar-refractivity contribution in [3.63, 3.8) is 0 Å². The van der Waals surface area contributed by atoms with Crippen LogP contribution in [-0.4, -0.2) is 44.5 Å². The van der Waals surface area contributed by atoms with Crippen LogP contribution in [-0.2, 0) is 11.3 Å². The van der Waals surface area contributed by atoms with Crippen LogP contribution in [0.25, 0.3) is 0 Å². The molecule has 1 heterocycles. The molecular weight excluding hydrogens is 330 g/mol. The van der Waals surface area contributed by atoms with Crippen LogP contribution in [0.5, 0.6) is 0 Å². The summed E-state index contributed by atoms with van der Waals surface area (Å²) in [5, 5.41) is 4.22. The Labute approximate surface area is 155 Å². The lowest BCUT2D eigenvalue weighted by molar-refractivity contribution is -0.906. The van der Waals surface area contributed by atoms with Gasteiger partial charge in [0.25, 0.3) is 0 Å². The molecule has 2 aromatic carbocycles. The lowest BCUT2D eigenvalue weighted by Crippen LogP contribution is -3.14. The summed E-state index contributed by atoms with van der Waals surface area (Å²) in [6, 6.07) is 20.8. The van der Waals surface area contributed by atoms with Gasteiger partial charge in [0.2, 0.25) is 0 Å². The van der Waals surface area contributed by atoms with Gasteiger partial charge in [0.1, 0.15) is 13.1 Å². The van der Waals surface area contributed by atoms with Crippen molar-refractivity contribution >= 4 is 23.0 Å². The van der Waals surface area contributed by atoms with Gasteiger partial charge in [-0.05, 0) is 29.9 Å². The van der Waals surface area contributed by atoms with Crippen LogP contribution in [0.2, 0.25) is 0 Å². The molecule has 4 nitrogen and oxygen atoms in total. The zero-order valence-corrected chi connectivity index (χ0v) is 15.3. The number of nitrogens with one attached hydrogen (secondary N) is 2. The molecule has 0 saturated carbocycles. The molecule has 1 fully saturated rings. The first-order valence-corrected chi connectivity index (χ1v) is 9.29. The van der Waals surface area contributed by atoms with E-state index >= 15 is 0 Å². The molecule has 0 amide bonds. The van der Waals surface area contributed by atoms with Crippen LogP contribution in [0.15, 0.2) is 60.7 Å². The van der Waals surface area contributed by atoms with Gasteiger partial charge < -0.3 is 19.9 Å². The Hall–Kier alpha value is -1.95. The molecular formula is C20H26N3OS+. The topological polar surface area (TPSA) is 28.9 Å². The Bertz CT molecular complexity index is 645. The van der Waals surface area contributed by atoms with Gasteiger partial charge in [-0.2, -0.15) is 0 Å². The number of rotatable bonds is 6. The number of ether oxygens (including phenoxy) is 1. The molecule has 3 rings (SSSR count). The fourth-order valence-electron chi connectivity index (χ4n) is 3.01. The van der Waals surface area contributed by atoms with Crippen molar-refractivity contribution in [3.05, 3.63) is 66.2 Å². The number of morpholine rings is 1. The molecule has 0 aromatic heterocycles. The number of para-hydroxylation sites is 1. The van der Waals surface area contributed by atoms with E-state index in [2.05, 4.69) is 46.6 Å². The second-order valence-electron chi connectivity index (χ2n) is 6.25. The standard InChI is InChI=1S/C20H25N3OS/c25-20(21-11-12-22-13-15-24-16-14-22)23(19-9-5-2-6-10-19)17-18-7-3-1-4-8-18/h1-10H,11-17H2,(H,21,25)/p+1. The second-order valence-corrected chi connectivity index (χ2v) is 6.64. The normalized spacial score (nSPS) is 14.9. The summed E-state index contributed by atoms with van der Waals surface area (Å²) in [4.78, 5) is 3.75. The molecule has 132 valence electrons. The van der Waals surface area contributed by atoms with Crippen molar-refractivity contribution < 1.29 is 9.64 Å². The highest BCUT2D eigenvalue weighted by Gasteiger charge is 2.15. The Morgan fingerprint density at radius 1 is 1.00 bits per heavy atom. The lowest BCUT2D eigenvalue weighted by atomic mass is 10.2. The Morgan fingerprint density at radius 3 is 2.32 bits per heavy atom. The van der Waals surface area contributed by atoms with E-state index < -0.39 is 0 Å². The third-order valence-electron chi connectivity index (χ3n) is 4.45. The summed E-state index contributed by atoms with van der Waals surface area (Å²) in [5.41, 5.74) is 2.36. The van der Waals surface area contributed by atoms with Gasteiger partial charge in [-0.1, -0.05) is 48.5 Å². The quantitative estimate of drug-likeness (QED) is 0.768. The number of hydrogen-bond donors (Lipinski definition) is 2. The molecule has 1 saturated heterocycles. The molecule has 5 heteroatoms. The molecule has 0 radical (unpaired) electrons. The fourth-order valence-corrected chi connectivity index (χ4v) is 3.28. The van der Waals surface area contributed by atoms with Crippen molar-refractivity contribution in [3.8, 4) is 0 Å². The van der Waals surface area contributed by atoms with Gasteiger partial charge in [0, 0.05) is 5.69 Å². The first kappa shape index (κ1) is 17.9. The number of benzene rings is 2. The summed E-state index contributed by atoms with van der Waals surface area (Å²) < 4.78 is 5.41. The molecule has 0 unspecified atom stereocenters. The first-order valence-electron chi connectivity index (χ1n) is 8.88. The molecule has 0 bridgehead atoms. The highest BCUT2D eigenvalue weighted by molar-refractivity contribution is 7.80. The van der Waals surface area contributed by atoms with E-state index in [0.29, 0.717) is 0 Å². The van der Waals surface area contributed by atoms with Crippen molar-refractivity contribution in [2.75, 3.05) is 44.3 Å². The largest absolute Gasteiger partial charge is 0.370 e. The van der Waals surface area contributed by atoms with E-state index in [4.69, 9.17) is 17.0 Å². The van der Waals surface area contributed by atoms with Gasteiger partial charge in [-0.15, -0.1) is 0 Å². The monoisotopic (exact) mass is 356 g/mol. The SMILES string of the molecule is S=C(NCC[NH+]1CCOCC1)N(Cc1ccccc1)c1ccccc1. The number of thiocarbonyl (C=S) groups is 1. The number of quaternary nitrogens is 1. The molecule has 1 aliphatic rings. The Balaban J connectivity index is 1.60. The number of hydrogen-bond acceptors (Lipinski definition) is 2. The van der Waals surface area contributed by atoms with Crippen LogP contribution in [0.1, 0.15) is 5.56 Å². The van der Waals surface area contributed by atoms with E-state index in [0.717, 1.165) is 56.7 Å². The summed E-state index contributed by atoms with van der Waals surface area (Å²) >= 11 is 5.70. The van der Waals surface area contributed by atoms with Crippen LogP contribution >= 0.6 is 12.2 Å². The molecule has 0 atom stereocenters. The van der Waals surface area contributed by atoms with Crippen LogP contribution < -0.4 is 15.1 Å². The van der Waals surface area contributed by atoms with Crippen LogP contribution in [0.3, 0.4) is 0 Å². The first-order chi connectivity index (χ1) is 12.3. The van der Waals surface area contributed by atoms with Crippen molar-refractivity contribution in [1.82, 2.24) is 5.32 Å². The highest BCUT2D eigenvalue weighted by Crippen LogP contribution is 2.17. The maximum atomic E-state index is 5.70. The van der Waals surface area contributed by atoms with Gasteiger partial charge in [0.15, 0.2) is 5.11 Å². The van der Waals surface area contributed by atoms with Crippen molar-refractivity contribution in [2.45, 2.75) is 6.54 Å². The molecule has 0 aliphatic carbocycles. The summed E-state index contributed by atoms with van der Waals surface area (Å²) in [6.07, 6.45) is 0. The third-order valence-corrected chi connectivity index (χ3v) is 4.82. The number of anilines is 1. The van der Waals surface area contributed by atoms with Gasteiger partial charge in [0.05, 0.1) is 32.8 Å². The zero-order valence-electron chi connectivity index (χ0n) is 14.5. The van der Waals surface area contributed by atoms with E-state index in [1.54, 1.807) is 4.90 Å². The Morgan fingerprint density at radius 2 is 1.64 bits per heavy atom. The van der Waals surface area contributed by atoms with Crippen molar-refractivity contribution in [1.29, 1.82) is 0 Å². The maximum absolute atomic E-state index is 5.70. The van der Waals surface area contributed by atoms with Gasteiger partial charge in [-0.25, -0.2) is 0 Å². The lowest BCUT2D eigenvalue weighted by Gasteiger charge is -2.28. The summed E-state index contributed by atoms with van der Waals surface area (Å²) in [7, 11) is 0. The van der Waals surface area contributed by atoms with Crippen LogP contribution in [0.4, 0.5) is 5.69 Å². The molecule has 0 spiro atoms. The summed E-state index contributed by atoms with van der Waals surface area (Å²) in [6.45, 7) is 6.61. The average Bonchev–Trinajstić information content (AvgIpc) is 2.68. The van der Waals surface area contributed by atoms with Crippen molar-refractivity contribution in [2.24, 2.45) is 0 Å². The summed E-state index contributed by atoms with van der Waals surface area (Å²) in [5.74, 6) is 0. The number of nitrogens with zero attached hydrogens (tertiary/aromatic N) is 1. The van der Waals surface area contributed by atoms with E-state index in [9.17, 15) is 0 Å². The predicted molar refractivity (Wildman–Crippen MR) is 106 cm³/mol. The highest BCUT2D eigenvalue weighted by atomic mass is 32.1. The zero-order chi connectivity index (χ0) is 17.3. The molecule has 2 N–H and O–H groups in total. The van der Waals surface area contributed by atoms with Crippen LogP contribution in [0, 0.1) is 0 Å². The Kier molecular flexibility index (Phi) is 6.79. The average molecular weight is 357 g/mol. The van der Waals surface area contributed by atoms with Gasteiger partial charge in [-0.3, -0.25) is 0 Å². The second kappa shape index (κ2) is 9.51. The smallest absolute Gasteiger partial charge is 0.173 e. The minimum atomic E-state index is 0.765. The molecule has 25 heavy (non-hydrogen) atoms. The third kappa shape index (κ3) is 5.53. The fraction of sp³-hybridized carbons (Fsp3) is 0.350. The maximum Gasteiger partial charge on any atom is 0.173 e. The minimum Gasteiger partial charge on any atom is -0.370 e. The molecule has 2 aromatic rings. The van der Waals surface area contributed by atoms with E-state index in [1.165, 1.54) is 5.56 Å². The van der Waals surface area contributed by atoms with E-state index in [-0.39, 0.29) is 0 Å². The minimum absolute atomic E-state index is 0.765. The molecule has 1 aliphatic heterocycles.